The van der Waals surface area contributed by atoms with Crippen LogP contribution in [0.25, 0.3) is 0 Å². The molecule has 0 saturated heterocycles. The molecule has 4 heteroatoms. The number of hydrogen-bond acceptors (Lipinski definition) is 3. The van der Waals surface area contributed by atoms with E-state index in [0.29, 0.717) is 12.8 Å². The van der Waals surface area contributed by atoms with Gasteiger partial charge in [-0.05, 0) is 25.0 Å². The maximum atomic E-state index is 12.1. The first kappa shape index (κ1) is 12.3. The fourth-order valence-corrected chi connectivity index (χ4v) is 2.05. The summed E-state index contributed by atoms with van der Waals surface area (Å²) in [5, 5.41) is 2.84. The Hall–Kier alpha value is -2.19. The Bertz CT molecular complexity index is 490. The van der Waals surface area contributed by atoms with E-state index in [0.717, 1.165) is 5.69 Å². The van der Waals surface area contributed by atoms with Gasteiger partial charge in [-0.25, -0.2) is 9.79 Å². The molecule has 18 heavy (non-hydrogen) atoms. The Morgan fingerprint density at radius 1 is 1.22 bits per heavy atom. The van der Waals surface area contributed by atoms with E-state index in [-0.39, 0.29) is 17.9 Å². The number of carbonyl (C=O) groups excluding carboxylic acids is 2. The van der Waals surface area contributed by atoms with Crippen LogP contribution in [0.2, 0.25) is 0 Å². The number of anilines is 1. The van der Waals surface area contributed by atoms with Crippen LogP contribution in [0.4, 0.5) is 5.69 Å². The monoisotopic (exact) mass is 242 g/mol. The summed E-state index contributed by atoms with van der Waals surface area (Å²) < 4.78 is 0. The molecule has 0 fully saturated rings. The van der Waals surface area contributed by atoms with Crippen molar-refractivity contribution in [2.24, 2.45) is 10.9 Å². The van der Waals surface area contributed by atoms with E-state index in [1.54, 1.807) is 6.08 Å². The van der Waals surface area contributed by atoms with Crippen LogP contribution in [0.5, 0.6) is 0 Å². The molecule has 2 rings (SSSR count). The Morgan fingerprint density at radius 3 is 2.67 bits per heavy atom. The molecule has 0 saturated carbocycles. The summed E-state index contributed by atoms with van der Waals surface area (Å²) in [6, 6.07) is 8.97. The molecule has 2 atom stereocenters. The number of isocyanates is 1. The Morgan fingerprint density at radius 2 is 1.94 bits per heavy atom. The van der Waals surface area contributed by atoms with Gasteiger partial charge in [-0.1, -0.05) is 30.4 Å². The van der Waals surface area contributed by atoms with E-state index in [1.807, 2.05) is 42.5 Å². The lowest BCUT2D eigenvalue weighted by molar-refractivity contribution is -0.120. The number of nitrogens with zero attached hydrogens (tertiary/aromatic N) is 1. The van der Waals surface area contributed by atoms with Crippen LogP contribution >= 0.6 is 0 Å². The second-order valence-electron chi connectivity index (χ2n) is 4.19. The van der Waals surface area contributed by atoms with Gasteiger partial charge in [0.1, 0.15) is 0 Å². The number of allylic oxidation sites excluding steroid dienone is 1. The highest BCUT2D eigenvalue weighted by atomic mass is 16.2. The highest BCUT2D eigenvalue weighted by molar-refractivity contribution is 5.93. The molecule has 0 radical (unpaired) electrons. The first-order valence-corrected chi connectivity index (χ1v) is 5.89. The smallest absolute Gasteiger partial charge is 0.235 e. The summed E-state index contributed by atoms with van der Waals surface area (Å²) in [6.07, 6.45) is 6.66. The largest absolute Gasteiger partial charge is 0.326 e. The zero-order valence-corrected chi connectivity index (χ0v) is 9.87. The number of para-hydroxylation sites is 1. The second kappa shape index (κ2) is 5.94. The lowest BCUT2D eigenvalue weighted by atomic mass is 9.88. The zero-order chi connectivity index (χ0) is 12.8. The SMILES string of the molecule is O=C=N[C@H]1CC=CC[C@H]1C(=O)Nc1ccccc1. The first-order valence-electron chi connectivity index (χ1n) is 5.89. The van der Waals surface area contributed by atoms with Gasteiger partial charge in [0.15, 0.2) is 0 Å². The molecule has 1 aromatic carbocycles. The van der Waals surface area contributed by atoms with Gasteiger partial charge in [0.2, 0.25) is 12.0 Å². The second-order valence-corrected chi connectivity index (χ2v) is 4.19. The van der Waals surface area contributed by atoms with Crippen molar-refractivity contribution in [2.45, 2.75) is 18.9 Å². The summed E-state index contributed by atoms with van der Waals surface area (Å²) in [4.78, 5) is 26.2. The van der Waals surface area contributed by atoms with Crippen LogP contribution in [-0.4, -0.2) is 18.0 Å². The molecule has 92 valence electrons. The van der Waals surface area contributed by atoms with Gasteiger partial charge < -0.3 is 5.32 Å². The fourth-order valence-electron chi connectivity index (χ4n) is 2.05. The number of carbonyl (C=O) groups is 1. The van der Waals surface area contributed by atoms with Gasteiger partial charge in [0, 0.05) is 5.69 Å². The molecule has 0 unspecified atom stereocenters. The predicted molar refractivity (Wildman–Crippen MR) is 68.8 cm³/mol. The molecule has 4 nitrogen and oxygen atoms in total. The van der Waals surface area contributed by atoms with E-state index >= 15 is 0 Å². The lowest BCUT2D eigenvalue weighted by Crippen LogP contribution is -2.32. The van der Waals surface area contributed by atoms with E-state index in [4.69, 9.17) is 0 Å². The first-order chi connectivity index (χ1) is 8.81. The Kier molecular flexibility index (Phi) is 4.05. The molecular formula is C14H14N2O2. The highest BCUT2D eigenvalue weighted by Gasteiger charge is 2.28. The van der Waals surface area contributed by atoms with Crippen LogP contribution in [0.1, 0.15) is 12.8 Å². The van der Waals surface area contributed by atoms with Crippen molar-refractivity contribution in [3.8, 4) is 0 Å². The Balaban J connectivity index is 2.07. The third-order valence-corrected chi connectivity index (χ3v) is 3.00. The number of rotatable bonds is 3. The third kappa shape index (κ3) is 2.93. The van der Waals surface area contributed by atoms with Crippen LogP contribution in [0, 0.1) is 5.92 Å². The van der Waals surface area contributed by atoms with Crippen LogP contribution in [0.3, 0.4) is 0 Å². The molecule has 0 heterocycles. The molecule has 1 aliphatic carbocycles. The van der Waals surface area contributed by atoms with Crippen molar-refractivity contribution in [3.05, 3.63) is 42.5 Å². The number of aliphatic imine (C=N–C) groups is 1. The summed E-state index contributed by atoms with van der Waals surface area (Å²) in [6.45, 7) is 0. The van der Waals surface area contributed by atoms with Crippen LogP contribution in [-0.2, 0) is 9.59 Å². The summed E-state index contributed by atoms with van der Waals surface area (Å²) in [5.41, 5.74) is 0.755. The van der Waals surface area contributed by atoms with Crippen molar-refractivity contribution >= 4 is 17.7 Å². The average Bonchev–Trinajstić information content (AvgIpc) is 2.41. The topological polar surface area (TPSA) is 58.5 Å². The zero-order valence-electron chi connectivity index (χ0n) is 9.87. The third-order valence-electron chi connectivity index (χ3n) is 3.00. The molecule has 1 N–H and O–H groups in total. The molecule has 1 amide bonds. The van der Waals surface area contributed by atoms with E-state index in [2.05, 4.69) is 10.3 Å². The maximum absolute atomic E-state index is 12.1. The summed E-state index contributed by atoms with van der Waals surface area (Å²) in [7, 11) is 0. The average molecular weight is 242 g/mol. The molecule has 0 bridgehead atoms. The van der Waals surface area contributed by atoms with Gasteiger partial charge >= 0.3 is 0 Å². The van der Waals surface area contributed by atoms with E-state index in [1.165, 1.54) is 0 Å². The Labute approximate surface area is 105 Å². The van der Waals surface area contributed by atoms with Gasteiger partial charge in [-0.3, -0.25) is 4.79 Å². The minimum Gasteiger partial charge on any atom is -0.326 e. The van der Waals surface area contributed by atoms with Crippen molar-refractivity contribution in [2.75, 3.05) is 5.32 Å². The predicted octanol–water partition coefficient (Wildman–Crippen LogP) is 2.30. The fraction of sp³-hybridized carbons (Fsp3) is 0.286. The van der Waals surface area contributed by atoms with Gasteiger partial charge in [0.05, 0.1) is 12.0 Å². The molecule has 0 spiro atoms. The van der Waals surface area contributed by atoms with Crippen molar-refractivity contribution in [1.82, 2.24) is 0 Å². The van der Waals surface area contributed by atoms with E-state index < -0.39 is 0 Å². The normalized spacial score (nSPS) is 22.0. The summed E-state index contributed by atoms with van der Waals surface area (Å²) in [5.74, 6) is -0.397. The molecular weight excluding hydrogens is 228 g/mol. The van der Waals surface area contributed by atoms with E-state index in [9.17, 15) is 9.59 Å². The molecule has 0 aromatic heterocycles. The maximum Gasteiger partial charge on any atom is 0.235 e. The minimum absolute atomic E-state index is 0.102. The van der Waals surface area contributed by atoms with Crippen LogP contribution < -0.4 is 5.32 Å². The minimum atomic E-state index is -0.295. The van der Waals surface area contributed by atoms with Crippen molar-refractivity contribution in [1.29, 1.82) is 0 Å². The lowest BCUT2D eigenvalue weighted by Gasteiger charge is -2.23. The standard InChI is InChI=1S/C14H14N2O2/c17-10-15-13-9-5-4-8-12(13)14(18)16-11-6-2-1-3-7-11/h1-7,12-13H,8-9H2,(H,16,18)/t12-,13+/m1/s1. The van der Waals surface area contributed by atoms with Crippen molar-refractivity contribution < 1.29 is 9.59 Å². The van der Waals surface area contributed by atoms with Gasteiger partial charge in [-0.15, -0.1) is 0 Å². The van der Waals surface area contributed by atoms with Crippen LogP contribution in [0.15, 0.2) is 47.5 Å². The van der Waals surface area contributed by atoms with Gasteiger partial charge in [-0.2, -0.15) is 0 Å². The summed E-state index contributed by atoms with van der Waals surface area (Å²) >= 11 is 0. The highest BCUT2D eigenvalue weighted by Crippen LogP contribution is 2.23. The number of benzene rings is 1. The molecule has 1 aliphatic rings. The van der Waals surface area contributed by atoms with Gasteiger partial charge in [0.25, 0.3) is 0 Å². The number of amides is 1. The molecule has 1 aromatic rings. The quantitative estimate of drug-likeness (QED) is 0.502. The number of nitrogens with one attached hydrogen (secondary N) is 1. The van der Waals surface area contributed by atoms with Crippen molar-refractivity contribution in [3.63, 3.8) is 0 Å². The number of hydrogen-bond donors (Lipinski definition) is 1. The molecule has 0 aliphatic heterocycles.